The van der Waals surface area contributed by atoms with E-state index in [0.29, 0.717) is 43.4 Å². The summed E-state index contributed by atoms with van der Waals surface area (Å²) in [5, 5.41) is 12.1. The Bertz CT molecular complexity index is 636. The molecule has 1 atom stereocenters. The van der Waals surface area contributed by atoms with Gasteiger partial charge in [-0.25, -0.2) is 4.39 Å². The summed E-state index contributed by atoms with van der Waals surface area (Å²) in [6.45, 7) is 3.95. The summed E-state index contributed by atoms with van der Waals surface area (Å²) >= 11 is 0. The number of aliphatic imine (C=N–C) groups is 1. The fourth-order valence-corrected chi connectivity index (χ4v) is 2.84. The zero-order valence-corrected chi connectivity index (χ0v) is 17.5. The molecule has 0 radical (unpaired) electrons. The predicted molar refractivity (Wildman–Crippen MR) is 109 cm³/mol. The molecule has 1 unspecified atom stereocenters. The van der Waals surface area contributed by atoms with Crippen LogP contribution in [0.3, 0.4) is 0 Å². The summed E-state index contributed by atoms with van der Waals surface area (Å²) in [7, 11) is 3.37. The highest BCUT2D eigenvalue weighted by Crippen LogP contribution is 2.17. The van der Waals surface area contributed by atoms with Crippen LogP contribution in [0.15, 0.2) is 23.2 Å². The molecule has 8 heteroatoms. The Kier molecular flexibility index (Phi) is 10.5. The summed E-state index contributed by atoms with van der Waals surface area (Å²) < 4.78 is 24.4. The molecule has 26 heavy (non-hydrogen) atoms. The Hall–Kier alpha value is -1.44. The van der Waals surface area contributed by atoms with Crippen LogP contribution in [0.1, 0.15) is 17.5 Å². The molecule has 0 aromatic heterocycles. The van der Waals surface area contributed by atoms with Gasteiger partial charge in [-0.05, 0) is 24.6 Å². The first-order valence-corrected chi connectivity index (χ1v) is 8.38. The predicted octanol–water partition coefficient (Wildman–Crippen LogP) is 2.38. The van der Waals surface area contributed by atoms with Crippen molar-refractivity contribution in [2.24, 2.45) is 10.9 Å². The van der Waals surface area contributed by atoms with E-state index in [1.807, 2.05) is 6.07 Å². The molecule has 0 amide bonds. The number of ether oxygens (including phenoxy) is 2. The van der Waals surface area contributed by atoms with E-state index in [0.717, 1.165) is 25.5 Å². The highest BCUT2D eigenvalue weighted by molar-refractivity contribution is 14.0. The molecular weight excluding hydrogens is 450 g/mol. The Morgan fingerprint density at radius 2 is 2.27 bits per heavy atom. The third kappa shape index (κ3) is 6.70. The van der Waals surface area contributed by atoms with Gasteiger partial charge in [0.05, 0.1) is 31.5 Å². The van der Waals surface area contributed by atoms with Crippen molar-refractivity contribution in [1.29, 1.82) is 5.26 Å². The minimum Gasteiger partial charge on any atom is -0.382 e. The molecule has 1 heterocycles. The van der Waals surface area contributed by atoms with Crippen molar-refractivity contribution < 1.29 is 13.9 Å². The second kappa shape index (κ2) is 12.0. The molecule has 6 nitrogen and oxygen atoms in total. The molecule has 0 saturated carbocycles. The molecule has 2 rings (SSSR count). The Balaban J connectivity index is 0.00000338. The minimum absolute atomic E-state index is 0. The number of methoxy groups -OCH3 is 1. The average molecular weight is 476 g/mol. The SMILES string of the molecule is CN=C(NCc1cc(C#N)ccc1F)N1CCC(COCCOC)C1.I. The molecule has 1 saturated heterocycles. The summed E-state index contributed by atoms with van der Waals surface area (Å²) in [5.74, 6) is 0.864. The molecule has 1 aliphatic heterocycles. The number of benzene rings is 1. The van der Waals surface area contributed by atoms with Crippen molar-refractivity contribution >= 4 is 29.9 Å². The highest BCUT2D eigenvalue weighted by Gasteiger charge is 2.25. The Morgan fingerprint density at radius 3 is 2.96 bits per heavy atom. The zero-order chi connectivity index (χ0) is 18.1. The van der Waals surface area contributed by atoms with Crippen molar-refractivity contribution in [2.75, 3.05) is 47.1 Å². The van der Waals surface area contributed by atoms with Gasteiger partial charge in [0.1, 0.15) is 5.82 Å². The smallest absolute Gasteiger partial charge is 0.193 e. The Morgan fingerprint density at radius 1 is 1.46 bits per heavy atom. The number of hydrogen-bond donors (Lipinski definition) is 1. The van der Waals surface area contributed by atoms with Gasteiger partial charge in [-0.15, -0.1) is 24.0 Å². The minimum atomic E-state index is -0.326. The van der Waals surface area contributed by atoms with Crippen molar-refractivity contribution in [1.82, 2.24) is 10.2 Å². The van der Waals surface area contributed by atoms with Crippen LogP contribution in [-0.2, 0) is 16.0 Å². The van der Waals surface area contributed by atoms with Crippen LogP contribution in [0.2, 0.25) is 0 Å². The molecule has 144 valence electrons. The van der Waals surface area contributed by atoms with E-state index in [1.165, 1.54) is 12.1 Å². The molecule has 1 N–H and O–H groups in total. The van der Waals surface area contributed by atoms with Gasteiger partial charge >= 0.3 is 0 Å². The fourth-order valence-electron chi connectivity index (χ4n) is 2.84. The molecule has 1 aromatic rings. The molecule has 0 bridgehead atoms. The molecule has 0 spiro atoms. The lowest BCUT2D eigenvalue weighted by molar-refractivity contribution is 0.0536. The van der Waals surface area contributed by atoms with E-state index >= 15 is 0 Å². The van der Waals surface area contributed by atoms with Gasteiger partial charge in [0.15, 0.2) is 5.96 Å². The Labute approximate surface area is 171 Å². The summed E-state index contributed by atoms with van der Waals surface area (Å²) in [5.41, 5.74) is 0.904. The fraction of sp³-hybridized carbons (Fsp3) is 0.556. The first kappa shape index (κ1) is 22.6. The lowest BCUT2D eigenvalue weighted by atomic mass is 10.1. The van der Waals surface area contributed by atoms with Crippen LogP contribution in [0.4, 0.5) is 4.39 Å². The lowest BCUT2D eigenvalue weighted by Gasteiger charge is -2.22. The van der Waals surface area contributed by atoms with Gasteiger partial charge in [-0.3, -0.25) is 4.99 Å². The quantitative estimate of drug-likeness (QED) is 0.283. The maximum atomic E-state index is 13.9. The van der Waals surface area contributed by atoms with Crippen LogP contribution >= 0.6 is 24.0 Å². The third-order valence-electron chi connectivity index (χ3n) is 4.19. The lowest BCUT2D eigenvalue weighted by Crippen LogP contribution is -2.40. The van der Waals surface area contributed by atoms with E-state index in [4.69, 9.17) is 14.7 Å². The monoisotopic (exact) mass is 476 g/mol. The van der Waals surface area contributed by atoms with Crippen molar-refractivity contribution in [3.05, 3.63) is 35.1 Å². The summed E-state index contributed by atoms with van der Waals surface area (Å²) in [4.78, 5) is 6.43. The summed E-state index contributed by atoms with van der Waals surface area (Å²) in [6.07, 6.45) is 1.03. The third-order valence-corrected chi connectivity index (χ3v) is 4.19. The van der Waals surface area contributed by atoms with Crippen LogP contribution in [0, 0.1) is 23.1 Å². The molecule has 1 aromatic carbocycles. The van der Waals surface area contributed by atoms with Gasteiger partial charge in [-0.2, -0.15) is 5.26 Å². The van der Waals surface area contributed by atoms with Gasteiger partial charge in [-0.1, -0.05) is 0 Å². The first-order valence-electron chi connectivity index (χ1n) is 8.38. The van der Waals surface area contributed by atoms with Crippen molar-refractivity contribution in [3.63, 3.8) is 0 Å². The largest absolute Gasteiger partial charge is 0.382 e. The number of rotatable bonds is 7. The number of halogens is 2. The van der Waals surface area contributed by atoms with Crippen molar-refractivity contribution in [3.8, 4) is 6.07 Å². The maximum absolute atomic E-state index is 13.9. The standard InChI is InChI=1S/C18H25FN4O2.HI/c1-21-18(22-11-16-9-14(10-20)3-4-17(16)19)23-6-5-15(12-23)13-25-8-7-24-2;/h3-4,9,15H,5-8,11-13H2,1-2H3,(H,21,22);1H. The summed E-state index contributed by atoms with van der Waals surface area (Å²) in [6, 6.07) is 6.38. The van der Waals surface area contributed by atoms with E-state index in [-0.39, 0.29) is 29.8 Å². The molecular formula is C18H26FIN4O2. The first-order chi connectivity index (χ1) is 12.2. The van der Waals surface area contributed by atoms with E-state index in [9.17, 15) is 4.39 Å². The van der Waals surface area contributed by atoms with Crippen LogP contribution in [0.5, 0.6) is 0 Å². The average Bonchev–Trinajstić information content (AvgIpc) is 3.09. The second-order valence-corrected chi connectivity index (χ2v) is 5.99. The zero-order valence-electron chi connectivity index (χ0n) is 15.2. The van der Waals surface area contributed by atoms with Crippen LogP contribution < -0.4 is 5.32 Å². The van der Waals surface area contributed by atoms with E-state index in [2.05, 4.69) is 15.2 Å². The van der Waals surface area contributed by atoms with E-state index < -0.39 is 0 Å². The highest BCUT2D eigenvalue weighted by atomic mass is 127. The number of guanidine groups is 1. The van der Waals surface area contributed by atoms with E-state index in [1.54, 1.807) is 20.2 Å². The number of nitriles is 1. The topological polar surface area (TPSA) is 69.9 Å². The van der Waals surface area contributed by atoms with Crippen molar-refractivity contribution in [2.45, 2.75) is 13.0 Å². The van der Waals surface area contributed by atoms with Crippen LogP contribution in [0.25, 0.3) is 0 Å². The van der Waals surface area contributed by atoms with Crippen LogP contribution in [-0.4, -0.2) is 57.9 Å². The molecule has 1 aliphatic rings. The maximum Gasteiger partial charge on any atom is 0.193 e. The van der Waals surface area contributed by atoms with Gasteiger partial charge in [0, 0.05) is 45.3 Å². The number of nitrogens with zero attached hydrogens (tertiary/aromatic N) is 3. The second-order valence-electron chi connectivity index (χ2n) is 5.99. The number of nitrogens with one attached hydrogen (secondary N) is 1. The normalized spacial score (nSPS) is 16.9. The number of hydrogen-bond acceptors (Lipinski definition) is 4. The number of likely N-dealkylation sites (tertiary alicyclic amines) is 1. The molecule has 1 fully saturated rings. The van der Waals surface area contributed by atoms with Gasteiger partial charge < -0.3 is 19.7 Å². The van der Waals surface area contributed by atoms with Gasteiger partial charge in [0.25, 0.3) is 0 Å². The van der Waals surface area contributed by atoms with Gasteiger partial charge in [0.2, 0.25) is 0 Å². The molecule has 0 aliphatic carbocycles.